The highest BCUT2D eigenvalue weighted by molar-refractivity contribution is 6.01. The SMILES string of the molecule is O=C1CNC(=O)N1C[C@@H](O)COCc1ccccc1F. The molecule has 108 valence electrons. The van der Waals surface area contributed by atoms with E-state index in [1.807, 2.05) is 0 Å². The van der Waals surface area contributed by atoms with Crippen molar-refractivity contribution < 1.29 is 23.8 Å². The normalized spacial score (nSPS) is 16.4. The third kappa shape index (κ3) is 3.52. The second-order valence-corrected chi connectivity index (χ2v) is 4.42. The van der Waals surface area contributed by atoms with E-state index < -0.39 is 12.1 Å². The lowest BCUT2D eigenvalue weighted by Gasteiger charge is -2.17. The summed E-state index contributed by atoms with van der Waals surface area (Å²) in [6.07, 6.45) is -1.01. The van der Waals surface area contributed by atoms with Crippen molar-refractivity contribution in [1.82, 2.24) is 10.2 Å². The van der Waals surface area contributed by atoms with E-state index in [9.17, 15) is 19.1 Å². The van der Waals surface area contributed by atoms with Gasteiger partial charge < -0.3 is 15.2 Å². The largest absolute Gasteiger partial charge is 0.389 e. The summed E-state index contributed by atoms with van der Waals surface area (Å²) in [6.45, 7) is -0.265. The number of carbonyl (C=O) groups is 2. The van der Waals surface area contributed by atoms with E-state index in [1.54, 1.807) is 18.2 Å². The summed E-state index contributed by atoms with van der Waals surface area (Å²) in [7, 11) is 0. The van der Waals surface area contributed by atoms with Gasteiger partial charge in [0.25, 0.3) is 0 Å². The van der Waals surface area contributed by atoms with Crippen molar-refractivity contribution >= 4 is 11.9 Å². The number of amides is 3. The number of halogens is 1. The van der Waals surface area contributed by atoms with Crippen LogP contribution >= 0.6 is 0 Å². The van der Waals surface area contributed by atoms with Gasteiger partial charge in [-0.15, -0.1) is 0 Å². The van der Waals surface area contributed by atoms with Crippen LogP contribution in [0.3, 0.4) is 0 Å². The van der Waals surface area contributed by atoms with Crippen LogP contribution in [0.5, 0.6) is 0 Å². The highest BCUT2D eigenvalue weighted by Gasteiger charge is 2.30. The van der Waals surface area contributed by atoms with Crippen LogP contribution < -0.4 is 5.32 Å². The number of rotatable bonds is 6. The molecule has 0 aliphatic carbocycles. The first kappa shape index (κ1) is 14.4. The Balaban J connectivity index is 1.75. The number of β-amino-alcohol motifs (C(OH)–C–C–N with tert-alkyl or cyclic N) is 1. The average molecular weight is 282 g/mol. The quantitative estimate of drug-likeness (QED) is 0.733. The number of hydrogen-bond donors (Lipinski definition) is 2. The molecule has 0 aromatic heterocycles. The molecule has 1 heterocycles. The van der Waals surface area contributed by atoms with Gasteiger partial charge in [0.15, 0.2) is 0 Å². The van der Waals surface area contributed by atoms with E-state index in [0.717, 1.165) is 4.90 Å². The van der Waals surface area contributed by atoms with Gasteiger partial charge in [-0.25, -0.2) is 9.18 Å². The van der Waals surface area contributed by atoms with Crippen molar-refractivity contribution in [3.63, 3.8) is 0 Å². The monoisotopic (exact) mass is 282 g/mol. The maximum Gasteiger partial charge on any atom is 0.324 e. The molecule has 0 unspecified atom stereocenters. The van der Waals surface area contributed by atoms with E-state index in [0.29, 0.717) is 5.56 Å². The molecule has 20 heavy (non-hydrogen) atoms. The molecule has 7 heteroatoms. The van der Waals surface area contributed by atoms with Gasteiger partial charge in [0.2, 0.25) is 5.91 Å². The Morgan fingerprint density at radius 2 is 2.15 bits per heavy atom. The minimum atomic E-state index is -1.01. The van der Waals surface area contributed by atoms with Gasteiger partial charge in [0.1, 0.15) is 5.82 Å². The number of aliphatic hydroxyl groups is 1. The lowest BCUT2D eigenvalue weighted by Crippen LogP contribution is -2.39. The predicted molar refractivity (Wildman–Crippen MR) is 67.2 cm³/mol. The molecule has 3 amide bonds. The zero-order valence-corrected chi connectivity index (χ0v) is 10.7. The lowest BCUT2D eigenvalue weighted by atomic mass is 10.2. The van der Waals surface area contributed by atoms with E-state index in [4.69, 9.17) is 4.74 Å². The lowest BCUT2D eigenvalue weighted by molar-refractivity contribution is -0.126. The zero-order chi connectivity index (χ0) is 14.5. The Labute approximate surface area is 115 Å². The third-order valence-electron chi connectivity index (χ3n) is 2.86. The Morgan fingerprint density at radius 3 is 2.80 bits per heavy atom. The third-order valence-corrected chi connectivity index (χ3v) is 2.86. The number of urea groups is 1. The summed E-state index contributed by atoms with van der Waals surface area (Å²) >= 11 is 0. The first-order valence-electron chi connectivity index (χ1n) is 6.15. The molecule has 0 bridgehead atoms. The number of benzene rings is 1. The number of nitrogens with one attached hydrogen (secondary N) is 1. The van der Waals surface area contributed by atoms with Crippen molar-refractivity contribution in [2.75, 3.05) is 19.7 Å². The molecule has 1 aliphatic rings. The molecule has 2 N–H and O–H groups in total. The van der Waals surface area contributed by atoms with E-state index >= 15 is 0 Å². The molecule has 0 spiro atoms. The molecule has 1 saturated heterocycles. The molecule has 1 aliphatic heterocycles. The summed E-state index contributed by atoms with van der Waals surface area (Å²) in [5.41, 5.74) is 0.384. The summed E-state index contributed by atoms with van der Waals surface area (Å²) in [6, 6.07) is 5.64. The first-order chi connectivity index (χ1) is 9.58. The summed E-state index contributed by atoms with van der Waals surface area (Å²) in [5.74, 6) is -0.765. The van der Waals surface area contributed by atoms with Gasteiger partial charge in [-0.3, -0.25) is 9.69 Å². The summed E-state index contributed by atoms with van der Waals surface area (Å²) in [4.78, 5) is 23.5. The minimum Gasteiger partial charge on any atom is -0.389 e. The number of nitrogens with zero attached hydrogens (tertiary/aromatic N) is 1. The van der Waals surface area contributed by atoms with Crippen LogP contribution in [0, 0.1) is 5.82 Å². The number of ether oxygens (including phenoxy) is 1. The van der Waals surface area contributed by atoms with Gasteiger partial charge in [0, 0.05) is 5.56 Å². The summed E-state index contributed by atoms with van der Waals surface area (Å²) in [5, 5.41) is 12.0. The Bertz CT molecular complexity index is 493. The van der Waals surface area contributed by atoms with Crippen molar-refractivity contribution in [3.05, 3.63) is 35.6 Å². The number of hydrogen-bond acceptors (Lipinski definition) is 4. The Kier molecular flexibility index (Phi) is 4.65. The highest BCUT2D eigenvalue weighted by Crippen LogP contribution is 2.08. The predicted octanol–water partition coefficient (Wildman–Crippen LogP) is 0.255. The number of aliphatic hydroxyl groups excluding tert-OH is 1. The second-order valence-electron chi connectivity index (χ2n) is 4.42. The van der Waals surface area contributed by atoms with Crippen LogP contribution in [0.4, 0.5) is 9.18 Å². The fraction of sp³-hybridized carbons (Fsp3) is 0.385. The molecule has 0 saturated carbocycles. The van der Waals surface area contributed by atoms with Crippen LogP contribution in [-0.2, 0) is 16.1 Å². The van der Waals surface area contributed by atoms with Crippen molar-refractivity contribution in [2.45, 2.75) is 12.7 Å². The molecule has 1 aromatic rings. The van der Waals surface area contributed by atoms with Gasteiger partial charge in [-0.05, 0) is 6.07 Å². The fourth-order valence-corrected chi connectivity index (χ4v) is 1.82. The van der Waals surface area contributed by atoms with E-state index in [1.165, 1.54) is 6.07 Å². The van der Waals surface area contributed by atoms with Gasteiger partial charge in [0.05, 0.1) is 32.4 Å². The van der Waals surface area contributed by atoms with Crippen LogP contribution in [0.25, 0.3) is 0 Å². The topological polar surface area (TPSA) is 78.9 Å². The number of imide groups is 1. The maximum atomic E-state index is 13.3. The molecule has 1 atom stereocenters. The zero-order valence-electron chi connectivity index (χ0n) is 10.7. The van der Waals surface area contributed by atoms with Crippen molar-refractivity contribution in [3.8, 4) is 0 Å². The van der Waals surface area contributed by atoms with Gasteiger partial charge in [-0.2, -0.15) is 0 Å². The molecule has 6 nitrogen and oxygen atoms in total. The van der Waals surface area contributed by atoms with Crippen molar-refractivity contribution in [2.24, 2.45) is 0 Å². The highest BCUT2D eigenvalue weighted by atomic mass is 19.1. The Morgan fingerprint density at radius 1 is 1.40 bits per heavy atom. The van der Waals surface area contributed by atoms with Crippen molar-refractivity contribution in [1.29, 1.82) is 0 Å². The second kappa shape index (κ2) is 6.44. The van der Waals surface area contributed by atoms with Gasteiger partial charge >= 0.3 is 6.03 Å². The van der Waals surface area contributed by atoms with Crippen LogP contribution in [0.2, 0.25) is 0 Å². The average Bonchev–Trinajstić information content (AvgIpc) is 2.73. The number of carbonyl (C=O) groups excluding carboxylic acids is 2. The first-order valence-corrected chi connectivity index (χ1v) is 6.15. The minimum absolute atomic E-state index is 0.0177. The van der Waals surface area contributed by atoms with Crippen LogP contribution in [-0.4, -0.2) is 47.7 Å². The molecule has 1 aromatic carbocycles. The molecule has 2 rings (SSSR count). The van der Waals surface area contributed by atoms with E-state index in [2.05, 4.69) is 5.32 Å². The molecule has 1 fully saturated rings. The van der Waals surface area contributed by atoms with Crippen LogP contribution in [0.1, 0.15) is 5.56 Å². The smallest absolute Gasteiger partial charge is 0.324 e. The van der Waals surface area contributed by atoms with Gasteiger partial charge in [-0.1, -0.05) is 18.2 Å². The maximum absolute atomic E-state index is 13.3. The molecular weight excluding hydrogens is 267 g/mol. The fourth-order valence-electron chi connectivity index (χ4n) is 1.82. The Hall–Kier alpha value is -1.99. The van der Waals surface area contributed by atoms with E-state index in [-0.39, 0.29) is 38.0 Å². The molecule has 0 radical (unpaired) electrons. The molecular formula is C13H15FN2O4. The van der Waals surface area contributed by atoms with Crippen LogP contribution in [0.15, 0.2) is 24.3 Å². The summed E-state index contributed by atoms with van der Waals surface area (Å²) < 4.78 is 18.5. The standard InChI is InChI=1S/C13H15FN2O4/c14-11-4-2-1-3-9(11)7-20-8-10(17)6-16-12(18)5-15-13(16)19/h1-4,10,17H,5-8H2,(H,15,19)/t10-/m1/s1.